The van der Waals surface area contributed by atoms with E-state index in [9.17, 15) is 85.4 Å². The average molecular weight is 1800 g/mol. The number of rotatable bonds is 46. The second kappa shape index (κ2) is 58.5. The Kier molecular flexibility index (Phi) is 50.8. The first-order valence-electron chi connectivity index (χ1n) is 44.3. The van der Waals surface area contributed by atoms with E-state index in [1.165, 1.54) is 0 Å². The van der Waals surface area contributed by atoms with Crippen molar-refractivity contribution in [3.63, 3.8) is 0 Å². The van der Waals surface area contributed by atoms with Crippen LogP contribution in [0.5, 0.6) is 0 Å². The number of nitrogens with one attached hydrogen (secondary N) is 9. The molecule has 2 aliphatic rings. The first-order chi connectivity index (χ1) is 60.3. The summed E-state index contributed by atoms with van der Waals surface area (Å²) in [6.07, 6.45) is 1.09. The molecule has 128 heavy (non-hydrogen) atoms. The van der Waals surface area contributed by atoms with E-state index in [0.717, 1.165) is 48.2 Å². The topological polar surface area (TPSA) is 479 Å². The number of amides is 9. The molecule has 0 aliphatic carbocycles. The number of ether oxygens (including phenoxy) is 2. The molecule has 0 spiro atoms. The van der Waals surface area contributed by atoms with Crippen molar-refractivity contribution in [3.8, 4) is 0 Å². The van der Waals surface area contributed by atoms with Crippen molar-refractivity contribution in [2.45, 2.75) is 265 Å². The van der Waals surface area contributed by atoms with E-state index >= 15 is 0 Å². The summed E-state index contributed by atoms with van der Waals surface area (Å²) in [6, 6.07) is 31.1. The Balaban J connectivity index is 0.000000536. The molecule has 2 saturated heterocycles. The molecule has 4 aromatic carbocycles. The smallest absolute Gasteiger partial charge is 0.480 e. The molecule has 15 N–H and O–H groups in total. The van der Waals surface area contributed by atoms with Crippen LogP contribution >= 0.6 is 0 Å². The molecule has 710 valence electrons. The summed E-state index contributed by atoms with van der Waals surface area (Å²) in [7, 11) is 0. The van der Waals surface area contributed by atoms with Gasteiger partial charge in [-0.05, 0) is 217 Å². The summed E-state index contributed by atoms with van der Waals surface area (Å²) in [5, 5.41) is 42.0. The van der Waals surface area contributed by atoms with Crippen LogP contribution in [-0.4, -0.2) is 210 Å². The molecule has 2 aliphatic heterocycles. The van der Waals surface area contributed by atoms with Crippen LogP contribution in [0.4, 0.5) is 22.8 Å². The molecule has 6 rings (SSSR count). The lowest BCUT2D eigenvalue weighted by Crippen LogP contribution is -2.54. The maximum Gasteiger partial charge on any atom is 0.490 e. The number of unbranched alkanes of at least 4 members (excludes halogenated alkanes) is 2. The number of halogens is 3. The summed E-state index contributed by atoms with van der Waals surface area (Å²) in [4.78, 5) is 191. The van der Waals surface area contributed by atoms with Gasteiger partial charge in [-0.3, -0.25) is 52.7 Å². The predicted molar refractivity (Wildman–Crippen MR) is 478 cm³/mol. The fourth-order valence-electron chi connectivity index (χ4n) is 14.1. The van der Waals surface area contributed by atoms with E-state index < -0.39 is 131 Å². The third-order valence-corrected chi connectivity index (χ3v) is 20.6. The lowest BCUT2D eigenvalue weighted by Gasteiger charge is -2.34. The van der Waals surface area contributed by atoms with Crippen LogP contribution in [0.15, 0.2) is 121 Å². The van der Waals surface area contributed by atoms with Crippen molar-refractivity contribution in [1.82, 2.24) is 52.8 Å². The van der Waals surface area contributed by atoms with Gasteiger partial charge in [-0.25, -0.2) is 19.2 Å². The molecule has 8 atom stereocenters. The van der Waals surface area contributed by atoms with Crippen LogP contribution in [-0.2, 0) is 97.5 Å². The van der Waals surface area contributed by atoms with Gasteiger partial charge in [0.05, 0.1) is 18.1 Å². The summed E-state index contributed by atoms with van der Waals surface area (Å²) < 4.78 is 42.4. The average Bonchev–Trinajstić information content (AvgIpc) is 0.843. The lowest BCUT2D eigenvalue weighted by atomic mass is 9.88. The molecule has 0 aromatic heterocycles. The zero-order chi connectivity index (χ0) is 95.7. The normalized spacial score (nSPS) is 14.8. The van der Waals surface area contributed by atoms with Gasteiger partial charge in [0.15, 0.2) is 11.6 Å². The van der Waals surface area contributed by atoms with E-state index in [2.05, 4.69) is 47.9 Å². The number of likely N-dealkylation sites (N-methyl/N-ethyl adjacent to an activating group) is 2. The Morgan fingerprint density at radius 3 is 1.23 bits per heavy atom. The van der Waals surface area contributed by atoms with Gasteiger partial charge in [-0.1, -0.05) is 149 Å². The van der Waals surface area contributed by atoms with Crippen LogP contribution in [0.2, 0.25) is 0 Å². The van der Waals surface area contributed by atoms with Gasteiger partial charge < -0.3 is 83.9 Å². The minimum Gasteiger partial charge on any atom is -0.480 e. The van der Waals surface area contributed by atoms with Crippen molar-refractivity contribution in [2.24, 2.45) is 47.0 Å². The minimum absolute atomic E-state index is 0.00177. The number of carboxylic acid groups (broad SMARTS) is 2. The number of alkyl carbamates (subject to hydrolysis) is 2. The highest BCUT2D eigenvalue weighted by Crippen LogP contribution is 2.26. The van der Waals surface area contributed by atoms with E-state index in [4.69, 9.17) is 30.8 Å². The maximum absolute atomic E-state index is 14.1. The molecule has 0 bridgehead atoms. The number of hydrogen-bond donors (Lipinski definition) is 13. The highest BCUT2D eigenvalue weighted by molar-refractivity contribution is 6.36. The maximum atomic E-state index is 14.1. The molecule has 2 heterocycles. The summed E-state index contributed by atoms with van der Waals surface area (Å²) in [6.45, 7) is 26.1. The lowest BCUT2D eigenvalue weighted by molar-refractivity contribution is -0.192. The van der Waals surface area contributed by atoms with Crippen LogP contribution < -0.4 is 59.3 Å². The van der Waals surface area contributed by atoms with Gasteiger partial charge in [-0.2, -0.15) is 13.2 Å². The highest BCUT2D eigenvalue weighted by atomic mass is 19.4. The number of likely N-dealkylation sites (tertiary alicyclic amines) is 1. The van der Waals surface area contributed by atoms with Crippen molar-refractivity contribution in [2.75, 3.05) is 52.4 Å². The SMILES string of the molecule is CC(C)C[C@@H](CC(=O)[C@@H](Cc1ccccc1)NC(=O)[C@@H](Cc1ccccc1)NC(=O)OC(C)(C)C)C(=O)N[C@H](CCCCNC(=O)OC(C)(C)C)C(=O)O.CCNC(=O)C(=O)CC1CCN(C(=O)[C@@H](CCCCN)NC(=O)[C@H](CC(=O)[C@@H](Cc2ccccc2)NC(=O)[C@H](N)Cc2ccccc2)CC(C)C)CC1.CCNC(=O)C(=O)CC1CCNCC1.O=C(O)C(F)(F)F. The number of hydrogen-bond acceptors (Lipinski definition) is 20. The Hall–Kier alpha value is -11.0. The van der Waals surface area contributed by atoms with Crippen molar-refractivity contribution in [1.29, 1.82) is 0 Å². The zero-order valence-corrected chi connectivity index (χ0v) is 76.3. The fraction of sp³-hybridized carbons (Fsp3) is 0.585. The molecule has 0 radical (unpaired) electrons. The standard InChI is InChI=1S/C41H60N6O6.C41H60N4O9.C10H18N2O2.C2HF3O2/c1-4-44-40(52)37(49)26-31-18-21-47(22-19-31)41(53)34(17-11-12-20-42)45-38(50)32(23-28(2)3)27-36(48)35(25-30-15-9-6-10-16-30)46-39(51)33(43)24-29-13-7-5-8-14-29;1-27(2)23-30(35(47)43-31(37(49)50)21-15-16-22-42-38(51)53-40(3,4)5)26-34(46)32(24-28-17-11-9-12-18-28)44-36(48)33(25-29-19-13-10-14-20-29)45-39(52)54-41(6,7)8;1-2-12-10(14)9(13)7-8-3-5-11-6-4-8;3-2(4,5)1(6)7/h5-10,13-16,28,31-35H,4,11-12,17-27,42-43H2,1-3H3,(H,44,52)(H,45,50)(H,46,51);9-14,17-20,27,30-33H,15-16,21-26H2,1-8H3,(H,42,51)(H,43,47)(H,44,48)(H,45,52)(H,49,50);8,11H,2-7H2,1H3,(H,12,14);(H,6,7)/t32-,33+,34+,35+;30-,31+,32+,33+;;/m00../s1. The number of nitrogens with zero attached hydrogens (tertiary/aromatic N) is 1. The number of alkyl halides is 3. The van der Waals surface area contributed by atoms with E-state index in [-0.39, 0.29) is 92.6 Å². The van der Waals surface area contributed by atoms with Gasteiger partial charge in [0, 0.05) is 76.7 Å². The number of carboxylic acids is 2. The number of carbonyl (C=O) groups excluding carboxylic acids is 13. The molecule has 9 amide bonds. The largest absolute Gasteiger partial charge is 0.490 e. The number of aliphatic carboxylic acids is 2. The predicted octanol–water partition coefficient (Wildman–Crippen LogP) is 9.30. The van der Waals surface area contributed by atoms with E-state index in [0.29, 0.717) is 109 Å². The van der Waals surface area contributed by atoms with Crippen molar-refractivity contribution in [3.05, 3.63) is 144 Å². The number of benzene rings is 4. The Morgan fingerprint density at radius 2 is 0.836 bits per heavy atom. The fourth-order valence-corrected chi connectivity index (χ4v) is 14.1. The first-order valence-corrected chi connectivity index (χ1v) is 44.3. The van der Waals surface area contributed by atoms with Crippen LogP contribution in [0, 0.1) is 35.5 Å². The summed E-state index contributed by atoms with van der Waals surface area (Å²) >= 11 is 0. The van der Waals surface area contributed by atoms with Gasteiger partial charge in [0.25, 0.3) is 11.8 Å². The molecular weight excluding hydrogens is 1660 g/mol. The Morgan fingerprint density at radius 1 is 0.469 bits per heavy atom. The molecule has 0 saturated carbocycles. The van der Waals surface area contributed by atoms with Gasteiger partial charge in [-0.15, -0.1) is 0 Å². The monoisotopic (exact) mass is 1800 g/mol. The Bertz CT molecular complexity index is 4120. The van der Waals surface area contributed by atoms with Crippen LogP contribution in [0.25, 0.3) is 0 Å². The van der Waals surface area contributed by atoms with Gasteiger partial charge >= 0.3 is 30.3 Å². The second-order valence-electron chi connectivity index (χ2n) is 35.1. The summed E-state index contributed by atoms with van der Waals surface area (Å²) in [5.41, 5.74) is 13.9. The van der Waals surface area contributed by atoms with E-state index in [1.54, 1.807) is 53.4 Å². The molecule has 0 unspecified atom stereocenters. The molecule has 4 aromatic rings. The first kappa shape index (κ1) is 111. The highest BCUT2D eigenvalue weighted by Gasteiger charge is 2.40. The van der Waals surface area contributed by atoms with Crippen LogP contribution in [0.1, 0.15) is 208 Å². The third-order valence-electron chi connectivity index (χ3n) is 20.6. The van der Waals surface area contributed by atoms with Gasteiger partial charge in [0.2, 0.25) is 41.1 Å². The van der Waals surface area contributed by atoms with E-state index in [1.807, 2.05) is 156 Å². The molecule has 2 fully saturated rings. The number of piperidine rings is 2. The van der Waals surface area contributed by atoms with Crippen molar-refractivity contribution < 1.29 is 105 Å². The third kappa shape index (κ3) is 47.2. The minimum atomic E-state index is -5.08. The van der Waals surface area contributed by atoms with Crippen molar-refractivity contribution >= 4 is 88.6 Å². The second-order valence-corrected chi connectivity index (χ2v) is 35.1. The van der Waals surface area contributed by atoms with Crippen LogP contribution in [0.3, 0.4) is 0 Å². The molecular formula is C94H139F3N12O19. The van der Waals surface area contributed by atoms with Gasteiger partial charge in [0.1, 0.15) is 29.3 Å². The number of carbonyl (C=O) groups is 15. The quantitative estimate of drug-likeness (QED) is 0.0145. The Labute approximate surface area is 750 Å². The zero-order valence-electron chi connectivity index (χ0n) is 76.3. The number of Topliss-reactive ketones (excluding diaryl/α,β-unsaturated/α-hetero) is 4. The number of ketones is 4. The molecule has 34 heteroatoms. The molecule has 31 nitrogen and oxygen atoms in total. The number of nitrogens with two attached hydrogens (primary N) is 2. The summed E-state index contributed by atoms with van der Waals surface area (Å²) in [5.74, 6) is -9.75.